The van der Waals surface area contributed by atoms with Gasteiger partial charge >= 0.3 is 0 Å². The Bertz CT molecular complexity index is 1090. The molecule has 30 heavy (non-hydrogen) atoms. The lowest BCUT2D eigenvalue weighted by molar-refractivity contribution is -0.120. The van der Waals surface area contributed by atoms with Gasteiger partial charge in [0.25, 0.3) is 5.56 Å². The number of carbonyl (C=O) groups excluding carboxylic acids is 1. The van der Waals surface area contributed by atoms with Crippen LogP contribution in [0.1, 0.15) is 30.1 Å². The zero-order valence-electron chi connectivity index (χ0n) is 17.1. The third kappa shape index (κ3) is 4.21. The highest BCUT2D eigenvalue weighted by molar-refractivity contribution is 5.88. The summed E-state index contributed by atoms with van der Waals surface area (Å²) in [5, 5.41) is 10.9. The van der Waals surface area contributed by atoms with Crippen molar-refractivity contribution in [3.05, 3.63) is 70.1 Å². The van der Waals surface area contributed by atoms with Crippen LogP contribution in [0.25, 0.3) is 10.8 Å². The summed E-state index contributed by atoms with van der Waals surface area (Å²) in [5.41, 5.74) is 1.40. The second kappa shape index (κ2) is 9.09. The van der Waals surface area contributed by atoms with Crippen LogP contribution in [0.4, 0.5) is 0 Å². The minimum absolute atomic E-state index is 0.0490. The molecule has 2 heterocycles. The summed E-state index contributed by atoms with van der Waals surface area (Å²) in [7, 11) is 1.67. The summed E-state index contributed by atoms with van der Waals surface area (Å²) in [5.74, 6) is 0.704. The summed E-state index contributed by atoms with van der Waals surface area (Å²) in [6.45, 7) is 2.50. The molecule has 2 N–H and O–H groups in total. The minimum Gasteiger partial charge on any atom is -0.496 e. The smallest absolute Gasteiger partial charge is 0.272 e. The van der Waals surface area contributed by atoms with Crippen molar-refractivity contribution in [1.82, 2.24) is 20.4 Å². The number of fused-ring (bicyclic) bond motifs is 1. The Hall–Kier alpha value is -3.19. The van der Waals surface area contributed by atoms with Crippen LogP contribution in [0, 0.1) is 0 Å². The predicted molar refractivity (Wildman–Crippen MR) is 116 cm³/mol. The van der Waals surface area contributed by atoms with Crippen LogP contribution in [-0.4, -0.2) is 47.7 Å². The predicted octanol–water partition coefficient (Wildman–Crippen LogP) is 2.43. The van der Waals surface area contributed by atoms with Crippen LogP contribution >= 0.6 is 0 Å². The van der Waals surface area contributed by atoms with E-state index in [1.807, 2.05) is 30.3 Å². The third-order valence-electron chi connectivity index (χ3n) is 5.67. The van der Waals surface area contributed by atoms with Crippen LogP contribution in [-0.2, 0) is 11.2 Å². The maximum Gasteiger partial charge on any atom is 0.272 e. The topological polar surface area (TPSA) is 87.3 Å². The first-order valence-electron chi connectivity index (χ1n) is 10.3. The molecule has 0 saturated carbocycles. The number of hydrogen-bond donors (Lipinski definition) is 2. The van der Waals surface area contributed by atoms with E-state index in [9.17, 15) is 9.59 Å². The van der Waals surface area contributed by atoms with Crippen molar-refractivity contribution in [2.24, 2.45) is 0 Å². The Morgan fingerprint density at radius 3 is 2.60 bits per heavy atom. The molecule has 1 amide bonds. The first-order chi connectivity index (χ1) is 14.7. The van der Waals surface area contributed by atoms with Crippen molar-refractivity contribution >= 4 is 16.7 Å². The number of benzene rings is 2. The van der Waals surface area contributed by atoms with Crippen molar-refractivity contribution in [3.8, 4) is 5.75 Å². The Kier molecular flexibility index (Phi) is 6.09. The number of aromatic nitrogens is 2. The summed E-state index contributed by atoms with van der Waals surface area (Å²) in [6.07, 6.45) is 2.43. The third-order valence-corrected chi connectivity index (χ3v) is 5.67. The van der Waals surface area contributed by atoms with Crippen LogP contribution in [0.5, 0.6) is 5.75 Å². The molecule has 4 rings (SSSR count). The lowest BCUT2D eigenvalue weighted by Crippen LogP contribution is -2.37. The fourth-order valence-corrected chi connectivity index (χ4v) is 4.16. The number of carbonyl (C=O) groups is 1. The van der Waals surface area contributed by atoms with Gasteiger partial charge in [0.2, 0.25) is 5.91 Å². The average Bonchev–Trinajstić information content (AvgIpc) is 3.31. The van der Waals surface area contributed by atoms with E-state index in [0.29, 0.717) is 23.0 Å². The Morgan fingerprint density at radius 1 is 1.13 bits per heavy atom. The van der Waals surface area contributed by atoms with Gasteiger partial charge in [0, 0.05) is 17.5 Å². The minimum atomic E-state index is -0.250. The van der Waals surface area contributed by atoms with Crippen LogP contribution in [0.2, 0.25) is 0 Å². The summed E-state index contributed by atoms with van der Waals surface area (Å²) in [6, 6.07) is 15.2. The van der Waals surface area contributed by atoms with Crippen molar-refractivity contribution in [2.45, 2.75) is 25.3 Å². The molecule has 3 aromatic rings. The average molecular weight is 406 g/mol. The van der Waals surface area contributed by atoms with E-state index in [-0.39, 0.29) is 23.9 Å². The zero-order chi connectivity index (χ0) is 20.9. The first kappa shape index (κ1) is 20.1. The van der Waals surface area contributed by atoms with E-state index in [4.69, 9.17) is 4.74 Å². The molecule has 0 bridgehead atoms. The van der Waals surface area contributed by atoms with Gasteiger partial charge in [-0.05, 0) is 38.1 Å². The number of methoxy groups -OCH3 is 1. The van der Waals surface area contributed by atoms with E-state index in [1.165, 1.54) is 0 Å². The van der Waals surface area contributed by atoms with Gasteiger partial charge in [0.05, 0.1) is 30.7 Å². The Balaban J connectivity index is 1.51. The van der Waals surface area contributed by atoms with Crippen molar-refractivity contribution < 1.29 is 9.53 Å². The van der Waals surface area contributed by atoms with Gasteiger partial charge in [-0.3, -0.25) is 14.5 Å². The first-order valence-corrected chi connectivity index (χ1v) is 10.3. The molecule has 1 fully saturated rings. The molecule has 0 spiro atoms. The highest BCUT2D eigenvalue weighted by Crippen LogP contribution is 2.31. The highest BCUT2D eigenvalue weighted by atomic mass is 16.5. The molecule has 7 nitrogen and oxygen atoms in total. The van der Waals surface area contributed by atoms with Crippen molar-refractivity contribution in [3.63, 3.8) is 0 Å². The zero-order valence-corrected chi connectivity index (χ0v) is 17.1. The summed E-state index contributed by atoms with van der Waals surface area (Å²) < 4.78 is 5.56. The van der Waals surface area contributed by atoms with E-state index in [1.54, 1.807) is 19.2 Å². The summed E-state index contributed by atoms with van der Waals surface area (Å²) >= 11 is 0. The van der Waals surface area contributed by atoms with E-state index in [2.05, 4.69) is 26.5 Å². The molecule has 1 aromatic heterocycles. The normalized spacial score (nSPS) is 15.2. The summed E-state index contributed by atoms with van der Waals surface area (Å²) in [4.78, 5) is 27.1. The highest BCUT2D eigenvalue weighted by Gasteiger charge is 2.26. The molecular weight excluding hydrogens is 380 g/mol. The molecule has 7 heteroatoms. The molecular formula is C23H26N4O3. The Labute approximate surface area is 175 Å². The molecule has 1 atom stereocenters. The number of ether oxygens (including phenoxy) is 1. The number of amides is 1. The second-order valence-corrected chi connectivity index (χ2v) is 7.53. The van der Waals surface area contributed by atoms with Crippen LogP contribution < -0.4 is 15.6 Å². The van der Waals surface area contributed by atoms with Gasteiger partial charge in [-0.15, -0.1) is 0 Å². The second-order valence-electron chi connectivity index (χ2n) is 7.53. The van der Waals surface area contributed by atoms with E-state index < -0.39 is 0 Å². The van der Waals surface area contributed by atoms with Crippen molar-refractivity contribution in [1.29, 1.82) is 0 Å². The van der Waals surface area contributed by atoms with Gasteiger partial charge in [-0.1, -0.05) is 36.4 Å². The Morgan fingerprint density at radius 2 is 1.83 bits per heavy atom. The van der Waals surface area contributed by atoms with Crippen LogP contribution in [0.15, 0.2) is 53.3 Å². The monoisotopic (exact) mass is 406 g/mol. The fourth-order valence-electron chi connectivity index (χ4n) is 4.16. The number of aromatic amines is 1. The standard InChI is InChI=1S/C23H26N4O3/c1-30-21-11-5-4-10-18(21)20(27-12-6-7-13-27)15-24-22(28)14-19-16-8-2-3-9-17(16)23(29)26-25-19/h2-5,8-11,20H,6-7,12-15H2,1H3,(H,24,28)(H,26,29)/t20-/m1/s1. The number of nitrogens with zero attached hydrogens (tertiary/aromatic N) is 2. The molecule has 156 valence electrons. The fraction of sp³-hybridized carbons (Fsp3) is 0.348. The van der Waals surface area contributed by atoms with Gasteiger partial charge in [-0.2, -0.15) is 5.10 Å². The number of likely N-dealkylation sites (tertiary alicyclic amines) is 1. The van der Waals surface area contributed by atoms with Gasteiger partial charge in [-0.25, -0.2) is 5.10 Å². The number of nitrogens with one attached hydrogen (secondary N) is 2. The lowest BCUT2D eigenvalue weighted by Gasteiger charge is -2.29. The molecule has 1 saturated heterocycles. The maximum atomic E-state index is 12.8. The van der Waals surface area contributed by atoms with Gasteiger partial charge < -0.3 is 10.1 Å². The van der Waals surface area contributed by atoms with E-state index >= 15 is 0 Å². The number of para-hydroxylation sites is 1. The molecule has 0 radical (unpaired) electrons. The quantitative estimate of drug-likeness (QED) is 0.629. The van der Waals surface area contributed by atoms with E-state index in [0.717, 1.165) is 37.2 Å². The molecule has 0 unspecified atom stereocenters. The molecule has 0 aliphatic carbocycles. The maximum absolute atomic E-state index is 12.8. The molecule has 1 aliphatic heterocycles. The largest absolute Gasteiger partial charge is 0.496 e. The lowest BCUT2D eigenvalue weighted by atomic mass is 10.0. The van der Waals surface area contributed by atoms with Crippen LogP contribution in [0.3, 0.4) is 0 Å². The van der Waals surface area contributed by atoms with Gasteiger partial charge in [0.15, 0.2) is 0 Å². The number of H-pyrrole nitrogens is 1. The SMILES string of the molecule is COc1ccccc1[C@@H](CNC(=O)Cc1n[nH]c(=O)c2ccccc12)N1CCCC1. The van der Waals surface area contributed by atoms with Crippen molar-refractivity contribution in [2.75, 3.05) is 26.7 Å². The number of hydrogen-bond acceptors (Lipinski definition) is 5. The molecule has 2 aromatic carbocycles. The number of rotatable bonds is 7. The van der Waals surface area contributed by atoms with Gasteiger partial charge in [0.1, 0.15) is 5.75 Å². The molecule has 1 aliphatic rings.